The summed E-state index contributed by atoms with van der Waals surface area (Å²) in [6.07, 6.45) is 2.34. The molecule has 3 saturated heterocycles. The minimum atomic E-state index is -0.442. The third kappa shape index (κ3) is 6.02. The zero-order chi connectivity index (χ0) is 30.9. The van der Waals surface area contributed by atoms with Gasteiger partial charge in [-0.3, -0.25) is 19.4 Å². The van der Waals surface area contributed by atoms with Gasteiger partial charge in [0.2, 0.25) is 5.91 Å². The van der Waals surface area contributed by atoms with E-state index in [1.54, 1.807) is 24.1 Å². The molecule has 4 aliphatic heterocycles. The Morgan fingerprint density at radius 2 is 1.87 bits per heavy atom. The van der Waals surface area contributed by atoms with Gasteiger partial charge in [-0.25, -0.2) is 15.1 Å². The van der Waals surface area contributed by atoms with Crippen molar-refractivity contribution >= 4 is 28.7 Å². The average molecular weight is 618 g/mol. The maximum Gasteiger partial charge on any atom is 0.326 e. The molecule has 2 bridgehead atoms. The summed E-state index contributed by atoms with van der Waals surface area (Å²) in [6, 6.07) is 13.2. The second kappa shape index (κ2) is 12.8. The molecule has 12 heteroatoms. The molecule has 0 radical (unpaired) electrons. The number of carbonyl (C=O) groups is 3. The van der Waals surface area contributed by atoms with Crippen LogP contribution >= 0.6 is 0 Å². The van der Waals surface area contributed by atoms with Gasteiger partial charge in [-0.2, -0.15) is 0 Å². The first-order valence-electron chi connectivity index (χ1n) is 15.8. The Kier molecular flexibility index (Phi) is 8.45. The minimum absolute atomic E-state index is 0.189. The molecule has 2 atom stereocenters. The molecule has 0 spiro atoms. The highest BCUT2D eigenvalue weighted by molar-refractivity contribution is 6.04. The number of fused-ring (bicyclic) bond motifs is 6. The number of ether oxygens (including phenoxy) is 3. The van der Waals surface area contributed by atoms with Gasteiger partial charge in [0.1, 0.15) is 12.4 Å². The number of hydroxylamine groups is 1. The molecule has 1 aromatic heterocycles. The third-order valence-electron chi connectivity index (χ3n) is 9.22. The first kappa shape index (κ1) is 29.7. The summed E-state index contributed by atoms with van der Waals surface area (Å²) in [5, 5.41) is 0.965. The number of morpholine rings is 1. The Morgan fingerprint density at radius 3 is 2.64 bits per heavy atom. The fraction of sp³-hybridized carbons (Fsp3) is 0.485. The van der Waals surface area contributed by atoms with Crippen LogP contribution in [-0.4, -0.2) is 103 Å². The number of hydrogen-bond donors (Lipinski definition) is 1. The van der Waals surface area contributed by atoms with Crippen LogP contribution in [0.25, 0.3) is 10.9 Å². The lowest BCUT2D eigenvalue weighted by Crippen LogP contribution is -2.56. The predicted octanol–water partition coefficient (Wildman–Crippen LogP) is 3.08. The summed E-state index contributed by atoms with van der Waals surface area (Å²) in [5.41, 5.74) is 6.85. The molecule has 1 unspecified atom stereocenters. The second-order valence-corrected chi connectivity index (χ2v) is 12.1. The van der Waals surface area contributed by atoms with Crippen molar-refractivity contribution in [2.75, 3.05) is 59.7 Å². The Morgan fingerprint density at radius 1 is 1.04 bits per heavy atom. The fourth-order valence-corrected chi connectivity index (χ4v) is 6.73. The molecule has 4 aliphatic rings. The van der Waals surface area contributed by atoms with Crippen molar-refractivity contribution in [2.45, 2.75) is 44.6 Å². The monoisotopic (exact) mass is 617 g/mol. The number of aromatic nitrogens is 1. The average Bonchev–Trinajstić information content (AvgIpc) is 3.38. The molecule has 5 heterocycles. The normalized spacial score (nSPS) is 22.1. The first-order chi connectivity index (χ1) is 22.0. The Balaban J connectivity index is 1.14. The van der Waals surface area contributed by atoms with Crippen LogP contribution in [0.15, 0.2) is 42.5 Å². The molecular weight excluding hydrogens is 578 g/mol. The first-order valence-corrected chi connectivity index (χ1v) is 15.8. The van der Waals surface area contributed by atoms with Crippen molar-refractivity contribution in [1.29, 1.82) is 0 Å². The van der Waals surface area contributed by atoms with E-state index in [2.05, 4.69) is 14.9 Å². The number of likely N-dealkylation sites (N-methyl/N-ethyl adjacent to an activating group) is 1. The summed E-state index contributed by atoms with van der Waals surface area (Å²) >= 11 is 0. The van der Waals surface area contributed by atoms with Crippen LogP contribution < -0.4 is 10.2 Å². The molecule has 12 nitrogen and oxygen atoms in total. The standard InChI is InChI=1S/C33H39N5O7/c1-35-32(40)26-20-37(33(35)41)21-28-30(26)25-18-24(43-17-13-36-11-15-42-16-12-36)9-10-27(25)38(28)19-22-5-7-23(8-6-22)31(39)34-45-29-4-2-3-14-44-29/h5-10,18,26,29H,2-4,11-17,19-21H2,1H3,(H,34,39)/t26-,29?/m1/s1. The van der Waals surface area contributed by atoms with Gasteiger partial charge in [-0.1, -0.05) is 12.1 Å². The Hall–Kier alpha value is -3.97. The van der Waals surface area contributed by atoms with Crippen molar-refractivity contribution in [3.63, 3.8) is 0 Å². The van der Waals surface area contributed by atoms with Gasteiger partial charge >= 0.3 is 6.03 Å². The highest BCUT2D eigenvalue weighted by Gasteiger charge is 2.44. The lowest BCUT2D eigenvalue weighted by atomic mass is 9.89. The quantitative estimate of drug-likeness (QED) is 0.365. The van der Waals surface area contributed by atoms with Gasteiger partial charge in [0.15, 0.2) is 6.29 Å². The van der Waals surface area contributed by atoms with Crippen molar-refractivity contribution in [3.05, 3.63) is 64.8 Å². The van der Waals surface area contributed by atoms with Crippen LogP contribution in [0.3, 0.4) is 0 Å². The summed E-state index contributed by atoms with van der Waals surface area (Å²) in [6.45, 7) is 6.59. The van der Waals surface area contributed by atoms with Crippen LogP contribution in [0.2, 0.25) is 0 Å². The number of benzene rings is 2. The van der Waals surface area contributed by atoms with Crippen LogP contribution in [-0.2, 0) is 32.2 Å². The molecule has 238 valence electrons. The van der Waals surface area contributed by atoms with E-state index in [1.165, 1.54) is 4.90 Å². The Labute approximate surface area is 261 Å². The summed E-state index contributed by atoms with van der Waals surface area (Å²) in [4.78, 5) is 49.7. The summed E-state index contributed by atoms with van der Waals surface area (Å²) in [7, 11) is 1.55. The largest absolute Gasteiger partial charge is 0.492 e. The van der Waals surface area contributed by atoms with E-state index in [0.717, 1.165) is 85.6 Å². The maximum absolute atomic E-state index is 13.4. The van der Waals surface area contributed by atoms with Gasteiger partial charge in [0.05, 0.1) is 25.7 Å². The lowest BCUT2D eigenvalue weighted by molar-refractivity contribution is -0.186. The number of imide groups is 1. The highest BCUT2D eigenvalue weighted by atomic mass is 16.8. The molecule has 7 rings (SSSR count). The van der Waals surface area contributed by atoms with Crippen molar-refractivity contribution in [3.8, 4) is 5.75 Å². The number of hydrogen-bond acceptors (Lipinski definition) is 8. The van der Waals surface area contributed by atoms with Crippen LogP contribution in [0, 0.1) is 0 Å². The third-order valence-corrected chi connectivity index (χ3v) is 9.22. The summed E-state index contributed by atoms with van der Waals surface area (Å²) in [5.74, 6) is -0.210. The molecule has 45 heavy (non-hydrogen) atoms. The number of nitrogens with one attached hydrogen (secondary N) is 1. The lowest BCUT2D eigenvalue weighted by Gasteiger charge is -2.41. The van der Waals surface area contributed by atoms with Crippen molar-refractivity contribution in [1.82, 2.24) is 24.7 Å². The molecule has 3 aromatic rings. The topological polar surface area (TPSA) is 115 Å². The van der Waals surface area contributed by atoms with E-state index >= 15 is 0 Å². The van der Waals surface area contributed by atoms with Gasteiger partial charge in [-0.15, -0.1) is 0 Å². The van der Waals surface area contributed by atoms with Crippen LogP contribution in [0.1, 0.15) is 52.4 Å². The number of nitrogens with zero attached hydrogens (tertiary/aromatic N) is 4. The molecule has 2 aromatic carbocycles. The molecule has 4 amide bonds. The molecule has 1 N–H and O–H groups in total. The van der Waals surface area contributed by atoms with E-state index < -0.39 is 12.2 Å². The van der Waals surface area contributed by atoms with E-state index in [4.69, 9.17) is 19.0 Å². The molecule has 3 fully saturated rings. The van der Waals surface area contributed by atoms with Crippen LogP contribution in [0.5, 0.6) is 5.75 Å². The van der Waals surface area contributed by atoms with Crippen molar-refractivity contribution < 1.29 is 33.4 Å². The van der Waals surface area contributed by atoms with Gasteiger partial charge in [-0.05, 0) is 54.3 Å². The maximum atomic E-state index is 13.4. The smallest absolute Gasteiger partial charge is 0.326 e. The fourth-order valence-electron chi connectivity index (χ4n) is 6.73. The second-order valence-electron chi connectivity index (χ2n) is 12.1. The van der Waals surface area contributed by atoms with Gasteiger partial charge < -0.3 is 23.7 Å². The summed E-state index contributed by atoms with van der Waals surface area (Å²) < 4.78 is 19.3. The number of carbonyl (C=O) groups excluding carboxylic acids is 3. The van der Waals surface area contributed by atoms with Gasteiger partial charge in [0.25, 0.3) is 5.91 Å². The highest BCUT2D eigenvalue weighted by Crippen LogP contribution is 2.41. The number of rotatable bonds is 9. The molecular formula is C33H39N5O7. The predicted molar refractivity (Wildman–Crippen MR) is 164 cm³/mol. The minimum Gasteiger partial charge on any atom is -0.492 e. The van der Waals surface area contributed by atoms with E-state index in [9.17, 15) is 14.4 Å². The molecule has 0 saturated carbocycles. The van der Waals surface area contributed by atoms with E-state index in [1.807, 2.05) is 30.3 Å². The Bertz CT molecular complexity index is 1580. The van der Waals surface area contributed by atoms with Crippen LogP contribution in [0.4, 0.5) is 4.79 Å². The SMILES string of the molecule is CN1C(=O)[C@@H]2CN(Cc3c2c2cc(OCCN4CCOCC4)ccc2n3Cc2ccc(C(=O)NOC3CCCCO3)cc2)C1=O. The number of urea groups is 1. The van der Waals surface area contributed by atoms with E-state index in [0.29, 0.717) is 38.4 Å². The zero-order valence-electron chi connectivity index (χ0n) is 25.5. The number of amides is 4. The molecule has 0 aliphatic carbocycles. The zero-order valence-corrected chi connectivity index (χ0v) is 25.5. The van der Waals surface area contributed by atoms with Crippen molar-refractivity contribution in [2.24, 2.45) is 0 Å². The van der Waals surface area contributed by atoms with E-state index in [-0.39, 0.29) is 17.8 Å². The van der Waals surface area contributed by atoms with Gasteiger partial charge in [0, 0.05) is 75.0 Å².